The standard InChI is InChI=1S/C14H14BO2.C4H11N/c1-3-7-13(8-4-1)15(16-11-12-17-15)14-9-5-2-6-10-14;1-3-5-4-2/h1-10H,11-12H2;5H,3-4H2,1-2H3/q-1;/p+1. The fraction of sp³-hybridized carbons (Fsp3) is 0.333. The molecule has 22 heavy (non-hydrogen) atoms. The summed E-state index contributed by atoms with van der Waals surface area (Å²) < 4.78 is 11.9. The topological polar surface area (TPSA) is 35.1 Å². The molecule has 1 saturated heterocycles. The Balaban J connectivity index is 0.000000309. The molecule has 0 atom stereocenters. The highest BCUT2D eigenvalue weighted by Crippen LogP contribution is 2.14. The molecule has 4 heteroatoms. The molecule has 2 aromatic rings. The van der Waals surface area contributed by atoms with Crippen LogP contribution in [0.5, 0.6) is 0 Å². The van der Waals surface area contributed by atoms with Crippen molar-refractivity contribution in [2.24, 2.45) is 0 Å². The summed E-state index contributed by atoms with van der Waals surface area (Å²) >= 11 is 0. The van der Waals surface area contributed by atoms with E-state index in [2.05, 4.69) is 43.4 Å². The van der Waals surface area contributed by atoms with E-state index in [9.17, 15) is 0 Å². The first kappa shape index (κ1) is 16.8. The number of benzene rings is 2. The van der Waals surface area contributed by atoms with Gasteiger partial charge in [-0.3, -0.25) is 0 Å². The Hall–Kier alpha value is -1.62. The van der Waals surface area contributed by atoms with Gasteiger partial charge in [0, 0.05) is 13.2 Å². The summed E-state index contributed by atoms with van der Waals surface area (Å²) in [6, 6.07) is 20.4. The van der Waals surface area contributed by atoms with Crippen molar-refractivity contribution in [3.63, 3.8) is 0 Å². The molecular formula is C18H26BNO2. The number of hydrogen-bond donors (Lipinski definition) is 1. The molecule has 0 spiro atoms. The summed E-state index contributed by atoms with van der Waals surface area (Å²) in [6.07, 6.45) is 0. The number of rotatable bonds is 4. The average molecular weight is 299 g/mol. The van der Waals surface area contributed by atoms with E-state index in [-0.39, 0.29) is 0 Å². The molecule has 2 aromatic carbocycles. The average Bonchev–Trinajstić information content (AvgIpc) is 3.09. The van der Waals surface area contributed by atoms with E-state index in [0.717, 1.165) is 10.9 Å². The predicted molar refractivity (Wildman–Crippen MR) is 92.8 cm³/mol. The number of hydrogen-bond acceptors (Lipinski definition) is 2. The van der Waals surface area contributed by atoms with Crippen molar-refractivity contribution in [1.29, 1.82) is 0 Å². The van der Waals surface area contributed by atoms with Crippen molar-refractivity contribution in [2.75, 3.05) is 26.3 Å². The van der Waals surface area contributed by atoms with Gasteiger partial charge in [-0.15, -0.1) is 10.9 Å². The smallest absolute Gasteiger partial charge is 0.299 e. The highest BCUT2D eigenvalue weighted by atomic mass is 16.6. The lowest BCUT2D eigenvalue weighted by Crippen LogP contribution is -2.82. The quantitative estimate of drug-likeness (QED) is 0.851. The molecule has 1 fully saturated rings. The second kappa shape index (κ2) is 8.74. The van der Waals surface area contributed by atoms with Crippen LogP contribution in [0, 0.1) is 0 Å². The summed E-state index contributed by atoms with van der Waals surface area (Å²) in [5, 5.41) is 2.25. The maximum Gasteiger partial charge on any atom is 0.299 e. The third kappa shape index (κ3) is 3.98. The maximum atomic E-state index is 5.95. The van der Waals surface area contributed by atoms with E-state index < -0.39 is 6.55 Å². The van der Waals surface area contributed by atoms with Gasteiger partial charge in [-0.25, -0.2) is 0 Å². The van der Waals surface area contributed by atoms with Gasteiger partial charge < -0.3 is 14.6 Å². The molecule has 3 nitrogen and oxygen atoms in total. The predicted octanol–water partition coefficient (Wildman–Crippen LogP) is 0.879. The lowest BCUT2D eigenvalue weighted by atomic mass is 9.47. The van der Waals surface area contributed by atoms with E-state index >= 15 is 0 Å². The van der Waals surface area contributed by atoms with Gasteiger partial charge in [0.1, 0.15) is 0 Å². The Kier molecular flexibility index (Phi) is 6.65. The van der Waals surface area contributed by atoms with Gasteiger partial charge >= 0.3 is 0 Å². The van der Waals surface area contributed by atoms with Crippen LogP contribution in [0.1, 0.15) is 13.8 Å². The largest absolute Gasteiger partial charge is 0.559 e. The molecule has 0 radical (unpaired) electrons. The molecule has 0 amide bonds. The minimum atomic E-state index is -1.47. The van der Waals surface area contributed by atoms with Crippen LogP contribution in [0.15, 0.2) is 60.7 Å². The SMILES string of the molecule is CC[NH2+]CC.c1ccc([B-]2(c3ccccc3)OCCO2)cc1. The van der Waals surface area contributed by atoms with Crippen molar-refractivity contribution in [2.45, 2.75) is 13.8 Å². The Labute approximate surface area is 133 Å². The molecule has 1 aliphatic rings. The molecule has 2 N–H and O–H groups in total. The fourth-order valence-corrected chi connectivity index (χ4v) is 2.76. The first-order chi connectivity index (χ1) is 10.8. The summed E-state index contributed by atoms with van der Waals surface area (Å²) in [5.41, 5.74) is 2.22. The van der Waals surface area contributed by atoms with Crippen molar-refractivity contribution in [3.8, 4) is 0 Å². The van der Waals surface area contributed by atoms with Crippen molar-refractivity contribution in [3.05, 3.63) is 60.7 Å². The van der Waals surface area contributed by atoms with Crippen LogP contribution in [0.4, 0.5) is 0 Å². The summed E-state index contributed by atoms with van der Waals surface area (Å²) in [4.78, 5) is 0. The van der Waals surface area contributed by atoms with Crippen LogP contribution in [0.3, 0.4) is 0 Å². The van der Waals surface area contributed by atoms with Crippen LogP contribution in [-0.2, 0) is 9.31 Å². The molecule has 0 aliphatic carbocycles. The van der Waals surface area contributed by atoms with Crippen LogP contribution >= 0.6 is 0 Å². The van der Waals surface area contributed by atoms with Crippen LogP contribution in [-0.4, -0.2) is 32.9 Å². The Bertz CT molecular complexity index is 484. The Morgan fingerprint density at radius 1 is 0.773 bits per heavy atom. The van der Waals surface area contributed by atoms with Gasteiger partial charge in [0.25, 0.3) is 6.55 Å². The van der Waals surface area contributed by atoms with Gasteiger partial charge in [0.2, 0.25) is 0 Å². The highest BCUT2D eigenvalue weighted by Gasteiger charge is 2.34. The zero-order valence-corrected chi connectivity index (χ0v) is 13.6. The molecule has 0 aromatic heterocycles. The molecule has 0 saturated carbocycles. The first-order valence-electron chi connectivity index (χ1n) is 8.18. The monoisotopic (exact) mass is 299 g/mol. The Morgan fingerprint density at radius 3 is 1.50 bits per heavy atom. The van der Waals surface area contributed by atoms with Crippen molar-refractivity contribution in [1.82, 2.24) is 0 Å². The molecule has 0 unspecified atom stereocenters. The molecule has 1 aliphatic heterocycles. The lowest BCUT2D eigenvalue weighted by Gasteiger charge is -2.36. The molecule has 0 bridgehead atoms. The molecular weight excluding hydrogens is 273 g/mol. The van der Waals surface area contributed by atoms with E-state index in [1.165, 1.54) is 13.1 Å². The number of nitrogens with two attached hydrogens (primary N) is 1. The molecule has 118 valence electrons. The van der Waals surface area contributed by atoms with Crippen molar-refractivity contribution < 1.29 is 14.6 Å². The zero-order valence-electron chi connectivity index (χ0n) is 13.6. The van der Waals surface area contributed by atoms with Gasteiger partial charge in [-0.2, -0.15) is 0 Å². The lowest BCUT2D eigenvalue weighted by molar-refractivity contribution is -0.648. The second-order valence-electron chi connectivity index (χ2n) is 5.38. The normalized spacial score (nSPS) is 15.9. The zero-order chi connectivity index (χ0) is 15.7. The van der Waals surface area contributed by atoms with Crippen LogP contribution in [0.2, 0.25) is 0 Å². The minimum Gasteiger partial charge on any atom is -0.559 e. The molecule has 3 rings (SSSR count). The van der Waals surface area contributed by atoms with Gasteiger partial charge in [-0.05, 0) is 13.8 Å². The third-order valence-electron chi connectivity index (χ3n) is 3.84. The van der Waals surface area contributed by atoms with E-state index in [0.29, 0.717) is 13.2 Å². The highest BCUT2D eigenvalue weighted by molar-refractivity contribution is 6.92. The molecule has 1 heterocycles. The first-order valence-corrected chi connectivity index (χ1v) is 8.18. The Morgan fingerprint density at radius 2 is 1.18 bits per heavy atom. The summed E-state index contributed by atoms with van der Waals surface area (Å²) in [6.45, 7) is 6.59. The summed E-state index contributed by atoms with van der Waals surface area (Å²) in [7, 11) is 0. The maximum absolute atomic E-state index is 5.95. The van der Waals surface area contributed by atoms with Gasteiger partial charge in [-0.1, -0.05) is 60.7 Å². The van der Waals surface area contributed by atoms with Crippen molar-refractivity contribution >= 4 is 17.5 Å². The second-order valence-corrected chi connectivity index (χ2v) is 5.38. The van der Waals surface area contributed by atoms with E-state index in [1.807, 2.05) is 36.4 Å². The van der Waals surface area contributed by atoms with Gasteiger partial charge in [0.15, 0.2) is 0 Å². The minimum absolute atomic E-state index is 0.657. The fourth-order valence-electron chi connectivity index (χ4n) is 2.76. The van der Waals surface area contributed by atoms with Crippen LogP contribution in [0.25, 0.3) is 0 Å². The van der Waals surface area contributed by atoms with Gasteiger partial charge in [0.05, 0.1) is 13.1 Å². The third-order valence-corrected chi connectivity index (χ3v) is 3.84. The summed E-state index contributed by atoms with van der Waals surface area (Å²) in [5.74, 6) is 0. The number of quaternary nitrogens is 1. The van der Waals surface area contributed by atoms with Crippen LogP contribution < -0.4 is 16.2 Å². The van der Waals surface area contributed by atoms with E-state index in [4.69, 9.17) is 9.31 Å². The van der Waals surface area contributed by atoms with E-state index in [1.54, 1.807) is 0 Å².